The van der Waals surface area contributed by atoms with Crippen molar-refractivity contribution in [1.29, 1.82) is 0 Å². The molecule has 2 aliphatic rings. The zero-order chi connectivity index (χ0) is 18.1. The molecule has 6 nitrogen and oxygen atoms in total. The van der Waals surface area contributed by atoms with Crippen molar-refractivity contribution >= 4 is 17.0 Å². The van der Waals surface area contributed by atoms with Crippen molar-refractivity contribution in [2.24, 2.45) is 7.05 Å². The van der Waals surface area contributed by atoms with E-state index in [4.69, 9.17) is 9.47 Å². The molecular weight excluding hydrogens is 335 g/mol. The van der Waals surface area contributed by atoms with Crippen LogP contribution in [0.25, 0.3) is 11.0 Å². The van der Waals surface area contributed by atoms with E-state index in [0.717, 1.165) is 52.3 Å². The molecule has 0 bridgehead atoms. The molecule has 0 amide bonds. The van der Waals surface area contributed by atoms with Crippen LogP contribution in [0.1, 0.15) is 19.8 Å². The number of hydrogen-bond donors (Lipinski definition) is 1. The number of para-hydroxylation sites is 1. The molecule has 0 radical (unpaired) electrons. The lowest BCUT2D eigenvalue weighted by Crippen LogP contribution is -2.65. The molecule has 142 valence electrons. The highest BCUT2D eigenvalue weighted by molar-refractivity contribution is 5.79. The predicted octanol–water partition coefficient (Wildman–Crippen LogP) is 2.39. The SMILES string of the molecule is CCOC1CC(CNc2nc3cccc(F)c3n2C)(N2CCOCC2)C1. The van der Waals surface area contributed by atoms with Crippen LogP contribution in [-0.2, 0) is 16.5 Å². The topological polar surface area (TPSA) is 51.5 Å². The number of aromatic nitrogens is 2. The Kier molecular flexibility index (Phi) is 4.86. The van der Waals surface area contributed by atoms with Crippen molar-refractivity contribution in [2.45, 2.75) is 31.4 Å². The number of nitrogens with one attached hydrogen (secondary N) is 1. The van der Waals surface area contributed by atoms with Crippen molar-refractivity contribution in [3.8, 4) is 0 Å². The van der Waals surface area contributed by atoms with Crippen LogP contribution in [0.2, 0.25) is 0 Å². The van der Waals surface area contributed by atoms with Gasteiger partial charge in [-0.2, -0.15) is 0 Å². The molecular formula is C19H27FN4O2. The normalized spacial score (nSPS) is 26.8. The molecule has 26 heavy (non-hydrogen) atoms. The first-order valence-corrected chi connectivity index (χ1v) is 9.42. The Bertz CT molecular complexity index is 766. The molecule has 1 N–H and O–H groups in total. The number of rotatable bonds is 6. The largest absolute Gasteiger partial charge is 0.379 e. The number of aryl methyl sites for hydroxylation is 1. The molecule has 0 atom stereocenters. The number of hydrogen-bond acceptors (Lipinski definition) is 5. The van der Waals surface area contributed by atoms with Gasteiger partial charge in [0.2, 0.25) is 5.95 Å². The maximum atomic E-state index is 14.1. The Labute approximate surface area is 153 Å². The van der Waals surface area contributed by atoms with Crippen LogP contribution in [0.4, 0.5) is 10.3 Å². The summed E-state index contributed by atoms with van der Waals surface area (Å²) in [5.74, 6) is 0.464. The van der Waals surface area contributed by atoms with Crippen LogP contribution in [0, 0.1) is 5.82 Å². The maximum Gasteiger partial charge on any atom is 0.203 e. The van der Waals surface area contributed by atoms with Crippen LogP contribution >= 0.6 is 0 Å². The van der Waals surface area contributed by atoms with Gasteiger partial charge in [-0.05, 0) is 31.9 Å². The summed E-state index contributed by atoms with van der Waals surface area (Å²) in [6.07, 6.45) is 2.33. The minimum Gasteiger partial charge on any atom is -0.379 e. The van der Waals surface area contributed by atoms with Crippen molar-refractivity contribution in [2.75, 3.05) is 44.8 Å². The first-order chi connectivity index (χ1) is 12.6. The number of halogens is 1. The second-order valence-electron chi connectivity index (χ2n) is 7.26. The van der Waals surface area contributed by atoms with Gasteiger partial charge in [-0.15, -0.1) is 0 Å². The van der Waals surface area contributed by atoms with Crippen molar-refractivity contribution < 1.29 is 13.9 Å². The third-order valence-electron chi connectivity index (χ3n) is 5.72. The summed E-state index contributed by atoms with van der Waals surface area (Å²) >= 11 is 0. The first kappa shape index (κ1) is 17.7. The smallest absolute Gasteiger partial charge is 0.203 e. The first-order valence-electron chi connectivity index (χ1n) is 9.42. The summed E-state index contributed by atoms with van der Waals surface area (Å²) in [4.78, 5) is 7.09. The summed E-state index contributed by atoms with van der Waals surface area (Å²) < 4.78 is 27.2. The van der Waals surface area contributed by atoms with Gasteiger partial charge in [0.05, 0.1) is 24.8 Å². The molecule has 0 spiro atoms. The molecule has 0 unspecified atom stereocenters. The number of ether oxygens (including phenoxy) is 2. The Morgan fingerprint density at radius 1 is 1.35 bits per heavy atom. The van der Waals surface area contributed by atoms with E-state index in [1.807, 2.05) is 20.0 Å². The molecule has 1 aromatic carbocycles. The van der Waals surface area contributed by atoms with E-state index in [0.29, 0.717) is 23.1 Å². The standard InChI is InChI=1S/C19H27FN4O2/c1-3-26-14-11-19(12-14,24-7-9-25-10-8-24)13-21-18-22-16-6-4-5-15(20)17(16)23(18)2/h4-6,14H,3,7-13H2,1-2H3,(H,21,22). The van der Waals surface area contributed by atoms with Crippen LogP contribution in [0.15, 0.2) is 18.2 Å². The van der Waals surface area contributed by atoms with Crippen LogP contribution in [-0.4, -0.2) is 65.5 Å². The van der Waals surface area contributed by atoms with Crippen molar-refractivity contribution in [1.82, 2.24) is 14.5 Å². The lowest BCUT2D eigenvalue weighted by molar-refractivity contribution is -0.121. The van der Waals surface area contributed by atoms with Crippen molar-refractivity contribution in [3.63, 3.8) is 0 Å². The Morgan fingerprint density at radius 2 is 2.12 bits per heavy atom. The molecule has 2 fully saturated rings. The quantitative estimate of drug-likeness (QED) is 0.855. The number of morpholine rings is 1. The van der Waals surface area contributed by atoms with Gasteiger partial charge in [-0.3, -0.25) is 4.90 Å². The summed E-state index contributed by atoms with van der Waals surface area (Å²) in [7, 11) is 1.85. The number of nitrogens with zero attached hydrogens (tertiary/aromatic N) is 3. The zero-order valence-corrected chi connectivity index (χ0v) is 15.5. The van der Waals surface area contributed by atoms with Crippen LogP contribution < -0.4 is 5.32 Å². The molecule has 1 aliphatic carbocycles. The molecule has 1 saturated heterocycles. The number of benzene rings is 1. The van der Waals surface area contributed by atoms with E-state index in [2.05, 4.69) is 15.2 Å². The van der Waals surface area contributed by atoms with E-state index in [1.165, 1.54) is 6.07 Å². The average molecular weight is 362 g/mol. The Hall–Kier alpha value is -1.70. The second-order valence-corrected chi connectivity index (χ2v) is 7.26. The highest BCUT2D eigenvalue weighted by atomic mass is 19.1. The van der Waals surface area contributed by atoms with E-state index in [1.54, 1.807) is 10.6 Å². The maximum absolute atomic E-state index is 14.1. The van der Waals surface area contributed by atoms with Gasteiger partial charge in [0, 0.05) is 38.8 Å². The average Bonchev–Trinajstić information content (AvgIpc) is 2.95. The van der Waals surface area contributed by atoms with E-state index >= 15 is 0 Å². The summed E-state index contributed by atoms with van der Waals surface area (Å²) in [5, 5.41) is 3.48. The van der Waals surface area contributed by atoms with Crippen LogP contribution in [0.5, 0.6) is 0 Å². The van der Waals surface area contributed by atoms with Gasteiger partial charge in [0.25, 0.3) is 0 Å². The molecule has 2 heterocycles. The predicted molar refractivity (Wildman–Crippen MR) is 98.9 cm³/mol. The van der Waals surface area contributed by atoms with Gasteiger partial charge in [0.1, 0.15) is 11.3 Å². The van der Waals surface area contributed by atoms with Gasteiger partial charge >= 0.3 is 0 Å². The number of anilines is 1. The van der Waals surface area contributed by atoms with Crippen LogP contribution in [0.3, 0.4) is 0 Å². The lowest BCUT2D eigenvalue weighted by atomic mass is 9.72. The molecule has 4 rings (SSSR count). The summed E-state index contributed by atoms with van der Waals surface area (Å²) in [6, 6.07) is 5.01. The van der Waals surface area contributed by atoms with E-state index in [9.17, 15) is 4.39 Å². The third kappa shape index (κ3) is 3.08. The molecule has 2 aromatic rings. The molecule has 1 saturated carbocycles. The highest BCUT2D eigenvalue weighted by Crippen LogP contribution is 2.40. The van der Waals surface area contributed by atoms with Gasteiger partial charge in [-0.25, -0.2) is 9.37 Å². The fraction of sp³-hybridized carbons (Fsp3) is 0.632. The lowest BCUT2D eigenvalue weighted by Gasteiger charge is -2.55. The fourth-order valence-corrected chi connectivity index (χ4v) is 4.32. The van der Waals surface area contributed by atoms with E-state index in [-0.39, 0.29) is 11.4 Å². The van der Waals surface area contributed by atoms with Gasteiger partial charge in [0.15, 0.2) is 0 Å². The number of fused-ring (bicyclic) bond motifs is 1. The van der Waals surface area contributed by atoms with E-state index < -0.39 is 0 Å². The minimum atomic E-state index is -0.242. The van der Waals surface area contributed by atoms with Gasteiger partial charge in [-0.1, -0.05) is 6.07 Å². The number of imidazole rings is 1. The Morgan fingerprint density at radius 3 is 2.81 bits per heavy atom. The fourth-order valence-electron chi connectivity index (χ4n) is 4.32. The molecule has 1 aromatic heterocycles. The highest BCUT2D eigenvalue weighted by Gasteiger charge is 2.49. The molecule has 1 aliphatic heterocycles. The molecule has 7 heteroatoms. The Balaban J connectivity index is 1.52. The summed E-state index contributed by atoms with van der Waals surface area (Å²) in [6.45, 7) is 7.00. The summed E-state index contributed by atoms with van der Waals surface area (Å²) in [5.41, 5.74) is 1.27. The minimum absolute atomic E-state index is 0.0558. The monoisotopic (exact) mass is 362 g/mol. The van der Waals surface area contributed by atoms with Gasteiger partial charge < -0.3 is 19.4 Å². The van der Waals surface area contributed by atoms with Crippen molar-refractivity contribution in [3.05, 3.63) is 24.0 Å². The second kappa shape index (κ2) is 7.13. The third-order valence-corrected chi connectivity index (χ3v) is 5.72. The zero-order valence-electron chi connectivity index (χ0n) is 15.5.